The van der Waals surface area contributed by atoms with Crippen molar-refractivity contribution < 1.29 is 9.59 Å². The van der Waals surface area contributed by atoms with E-state index < -0.39 is 0 Å². The van der Waals surface area contributed by atoms with Crippen molar-refractivity contribution in [3.8, 4) is 0 Å². The van der Waals surface area contributed by atoms with Crippen LogP contribution in [-0.2, 0) is 9.59 Å². The maximum atomic E-state index is 11.9. The van der Waals surface area contributed by atoms with Gasteiger partial charge in [-0.2, -0.15) is 0 Å². The number of fused-ring (bicyclic) bond motifs is 1. The average molecular weight is 253 g/mol. The Bertz CT molecular complexity index is 305. The average Bonchev–Trinajstić information content (AvgIpc) is 2.80. The van der Waals surface area contributed by atoms with Crippen LogP contribution in [-0.4, -0.2) is 37.0 Å². The van der Waals surface area contributed by atoms with E-state index in [9.17, 15) is 9.59 Å². The summed E-state index contributed by atoms with van der Waals surface area (Å²) in [4.78, 5) is 23.2. The van der Waals surface area contributed by atoms with Crippen LogP contribution in [0.1, 0.15) is 39.0 Å². The number of hydrogen-bond donors (Lipinski definition) is 3. The first kappa shape index (κ1) is 13.3. The molecule has 3 unspecified atom stereocenters. The third kappa shape index (κ3) is 3.22. The molecule has 18 heavy (non-hydrogen) atoms. The molecule has 3 N–H and O–H groups in total. The SMILES string of the molecule is CCNC(=O)CNC(=O)C1CC2CCCCC2N1. The van der Waals surface area contributed by atoms with E-state index in [-0.39, 0.29) is 24.4 Å². The first-order chi connectivity index (χ1) is 8.70. The molecule has 102 valence electrons. The lowest BCUT2D eigenvalue weighted by Crippen LogP contribution is -2.46. The van der Waals surface area contributed by atoms with Crippen molar-refractivity contribution in [2.45, 2.75) is 51.1 Å². The highest BCUT2D eigenvalue weighted by atomic mass is 16.2. The van der Waals surface area contributed by atoms with Crippen molar-refractivity contribution in [2.75, 3.05) is 13.1 Å². The molecule has 2 fully saturated rings. The second-order valence-corrected chi connectivity index (χ2v) is 5.28. The van der Waals surface area contributed by atoms with Crippen molar-refractivity contribution in [1.82, 2.24) is 16.0 Å². The van der Waals surface area contributed by atoms with Crippen molar-refractivity contribution in [1.29, 1.82) is 0 Å². The van der Waals surface area contributed by atoms with Crippen molar-refractivity contribution in [3.63, 3.8) is 0 Å². The number of carbonyl (C=O) groups excluding carboxylic acids is 2. The molecular weight excluding hydrogens is 230 g/mol. The van der Waals surface area contributed by atoms with E-state index in [4.69, 9.17) is 0 Å². The monoisotopic (exact) mass is 253 g/mol. The van der Waals surface area contributed by atoms with Gasteiger partial charge in [0.05, 0.1) is 12.6 Å². The zero-order chi connectivity index (χ0) is 13.0. The normalized spacial score (nSPS) is 30.6. The Morgan fingerprint density at radius 2 is 2.00 bits per heavy atom. The highest BCUT2D eigenvalue weighted by Crippen LogP contribution is 2.33. The van der Waals surface area contributed by atoms with Crippen LogP contribution in [0.15, 0.2) is 0 Å². The van der Waals surface area contributed by atoms with E-state index in [2.05, 4.69) is 16.0 Å². The molecule has 2 rings (SSSR count). The second kappa shape index (κ2) is 6.18. The molecule has 2 aliphatic rings. The van der Waals surface area contributed by atoms with Crippen molar-refractivity contribution in [2.24, 2.45) is 5.92 Å². The highest BCUT2D eigenvalue weighted by molar-refractivity contribution is 5.87. The number of likely N-dealkylation sites (N-methyl/N-ethyl adjacent to an activating group) is 1. The summed E-state index contributed by atoms with van der Waals surface area (Å²) < 4.78 is 0. The van der Waals surface area contributed by atoms with Crippen LogP contribution in [0.2, 0.25) is 0 Å². The maximum absolute atomic E-state index is 11.9. The molecule has 0 aromatic rings. The van der Waals surface area contributed by atoms with Crippen LogP contribution in [0.25, 0.3) is 0 Å². The van der Waals surface area contributed by atoms with Crippen LogP contribution < -0.4 is 16.0 Å². The van der Waals surface area contributed by atoms with Gasteiger partial charge in [0, 0.05) is 12.6 Å². The summed E-state index contributed by atoms with van der Waals surface area (Å²) in [7, 11) is 0. The van der Waals surface area contributed by atoms with Crippen LogP contribution in [0.3, 0.4) is 0 Å². The lowest BCUT2D eigenvalue weighted by Gasteiger charge is -2.24. The summed E-state index contributed by atoms with van der Waals surface area (Å²) in [6.07, 6.45) is 5.89. The van der Waals surface area contributed by atoms with E-state index in [1.54, 1.807) is 0 Å². The predicted octanol–water partition coefficient (Wildman–Crippen LogP) is 0.159. The lowest BCUT2D eigenvalue weighted by molar-refractivity contribution is -0.127. The van der Waals surface area contributed by atoms with E-state index in [0.717, 1.165) is 6.42 Å². The molecule has 0 bridgehead atoms. The van der Waals surface area contributed by atoms with Crippen molar-refractivity contribution >= 4 is 11.8 Å². The molecule has 0 aromatic carbocycles. The Morgan fingerprint density at radius 3 is 2.72 bits per heavy atom. The first-order valence-electron chi connectivity index (χ1n) is 7.01. The molecule has 1 heterocycles. The number of rotatable bonds is 4. The lowest BCUT2D eigenvalue weighted by atomic mass is 9.85. The quantitative estimate of drug-likeness (QED) is 0.668. The molecule has 5 nitrogen and oxygen atoms in total. The Labute approximate surface area is 108 Å². The van der Waals surface area contributed by atoms with Gasteiger partial charge in [0.2, 0.25) is 11.8 Å². The van der Waals surface area contributed by atoms with Crippen LogP contribution in [0, 0.1) is 5.92 Å². The molecule has 1 aliphatic carbocycles. The number of nitrogens with one attached hydrogen (secondary N) is 3. The summed E-state index contributed by atoms with van der Waals surface area (Å²) in [5.74, 6) is 0.496. The van der Waals surface area contributed by atoms with Gasteiger partial charge in [-0.1, -0.05) is 12.8 Å². The van der Waals surface area contributed by atoms with Crippen LogP contribution >= 0.6 is 0 Å². The van der Waals surface area contributed by atoms with Gasteiger partial charge in [-0.3, -0.25) is 9.59 Å². The molecule has 2 amide bonds. The summed E-state index contributed by atoms with van der Waals surface area (Å²) in [6.45, 7) is 2.55. The smallest absolute Gasteiger partial charge is 0.239 e. The molecule has 1 saturated heterocycles. The van der Waals surface area contributed by atoms with E-state index in [1.807, 2.05) is 6.92 Å². The second-order valence-electron chi connectivity index (χ2n) is 5.28. The fourth-order valence-electron chi connectivity index (χ4n) is 3.07. The summed E-state index contributed by atoms with van der Waals surface area (Å²) >= 11 is 0. The molecular formula is C13H23N3O2. The van der Waals surface area contributed by atoms with Gasteiger partial charge in [0.15, 0.2) is 0 Å². The van der Waals surface area contributed by atoms with Gasteiger partial charge in [0.1, 0.15) is 0 Å². The summed E-state index contributed by atoms with van der Waals surface area (Å²) in [5.41, 5.74) is 0. The minimum atomic E-state index is -0.124. The fourth-order valence-corrected chi connectivity index (χ4v) is 3.07. The van der Waals surface area contributed by atoms with Gasteiger partial charge < -0.3 is 16.0 Å². The summed E-state index contributed by atoms with van der Waals surface area (Å²) in [6, 6.07) is 0.409. The van der Waals surface area contributed by atoms with E-state index in [1.165, 1.54) is 25.7 Å². The minimum Gasteiger partial charge on any atom is -0.355 e. The van der Waals surface area contributed by atoms with Crippen LogP contribution in [0.5, 0.6) is 0 Å². The van der Waals surface area contributed by atoms with Crippen LogP contribution in [0.4, 0.5) is 0 Å². The minimum absolute atomic E-state index is 0.0318. The predicted molar refractivity (Wildman–Crippen MR) is 69.0 cm³/mol. The fraction of sp³-hybridized carbons (Fsp3) is 0.846. The van der Waals surface area contributed by atoms with E-state index in [0.29, 0.717) is 18.5 Å². The zero-order valence-electron chi connectivity index (χ0n) is 11.0. The third-order valence-corrected chi connectivity index (χ3v) is 3.98. The Kier molecular flexibility index (Phi) is 4.58. The number of amides is 2. The molecule has 0 radical (unpaired) electrons. The first-order valence-corrected chi connectivity index (χ1v) is 7.01. The Balaban J connectivity index is 1.75. The Morgan fingerprint density at radius 1 is 1.22 bits per heavy atom. The zero-order valence-corrected chi connectivity index (χ0v) is 11.0. The standard InChI is InChI=1S/C13H23N3O2/c1-2-14-12(17)8-15-13(18)11-7-9-5-3-4-6-10(9)16-11/h9-11,16H,2-8H2,1H3,(H,14,17)(H,15,18). The Hall–Kier alpha value is -1.10. The summed E-state index contributed by atoms with van der Waals surface area (Å²) in [5, 5.41) is 8.78. The molecule has 1 saturated carbocycles. The molecule has 3 atom stereocenters. The number of carbonyl (C=O) groups is 2. The van der Waals surface area contributed by atoms with E-state index >= 15 is 0 Å². The van der Waals surface area contributed by atoms with Crippen molar-refractivity contribution in [3.05, 3.63) is 0 Å². The molecule has 1 aliphatic heterocycles. The molecule has 5 heteroatoms. The van der Waals surface area contributed by atoms with Gasteiger partial charge in [-0.05, 0) is 32.1 Å². The van der Waals surface area contributed by atoms with Gasteiger partial charge in [-0.15, -0.1) is 0 Å². The highest BCUT2D eigenvalue weighted by Gasteiger charge is 2.38. The third-order valence-electron chi connectivity index (χ3n) is 3.98. The van der Waals surface area contributed by atoms with Gasteiger partial charge >= 0.3 is 0 Å². The largest absolute Gasteiger partial charge is 0.355 e. The molecule has 0 aromatic heterocycles. The topological polar surface area (TPSA) is 70.2 Å². The maximum Gasteiger partial charge on any atom is 0.239 e. The number of hydrogen-bond acceptors (Lipinski definition) is 3. The van der Waals surface area contributed by atoms with Gasteiger partial charge in [-0.25, -0.2) is 0 Å². The molecule has 0 spiro atoms. The van der Waals surface area contributed by atoms with Gasteiger partial charge in [0.25, 0.3) is 0 Å².